The number of carbonyl (C=O) groups is 2. The number of rotatable bonds is 4. The highest BCUT2D eigenvalue weighted by Crippen LogP contribution is 2.24. The molecular formula is C13H12F3NO4. The van der Waals surface area contributed by atoms with Gasteiger partial charge in [0.2, 0.25) is 5.91 Å². The van der Waals surface area contributed by atoms with Crippen LogP contribution >= 0.6 is 0 Å². The predicted molar refractivity (Wildman–Crippen MR) is 66.9 cm³/mol. The quantitative estimate of drug-likeness (QED) is 0.684. The minimum absolute atomic E-state index is 0.200. The number of amides is 1. The number of ether oxygens (including phenoxy) is 2. The van der Waals surface area contributed by atoms with Crippen LogP contribution in [0, 0.1) is 0 Å². The minimum atomic E-state index is -4.81. The van der Waals surface area contributed by atoms with Crippen molar-refractivity contribution in [3.63, 3.8) is 0 Å². The second-order valence-electron chi connectivity index (χ2n) is 3.85. The molecule has 0 aliphatic rings. The summed E-state index contributed by atoms with van der Waals surface area (Å²) < 4.78 is 44.6. The first-order chi connectivity index (χ1) is 9.71. The second kappa shape index (κ2) is 6.78. The molecule has 8 heteroatoms. The number of carbonyl (C=O) groups excluding carboxylic acids is 2. The summed E-state index contributed by atoms with van der Waals surface area (Å²) in [5, 5.41) is 2.23. The first-order valence-electron chi connectivity index (χ1n) is 5.64. The van der Waals surface area contributed by atoms with E-state index in [4.69, 9.17) is 0 Å². The molecule has 0 aromatic heterocycles. The first kappa shape index (κ1) is 16.5. The van der Waals surface area contributed by atoms with Gasteiger partial charge in [0.05, 0.1) is 7.11 Å². The van der Waals surface area contributed by atoms with Crippen molar-refractivity contribution in [2.75, 3.05) is 7.11 Å². The van der Waals surface area contributed by atoms with E-state index in [0.717, 1.165) is 19.2 Å². The minimum Gasteiger partial charge on any atom is -0.464 e. The molecule has 21 heavy (non-hydrogen) atoms. The van der Waals surface area contributed by atoms with Gasteiger partial charge in [-0.3, -0.25) is 4.79 Å². The van der Waals surface area contributed by atoms with Gasteiger partial charge in [-0.05, 0) is 23.8 Å². The van der Waals surface area contributed by atoms with Crippen LogP contribution in [-0.4, -0.2) is 25.3 Å². The fourth-order valence-corrected chi connectivity index (χ4v) is 1.41. The number of nitrogens with one attached hydrogen (secondary N) is 1. The molecule has 0 spiro atoms. The SMILES string of the molecule is COC(=O)/C(=C/c1cccc(OC(F)(F)F)c1)NC(C)=O. The van der Waals surface area contributed by atoms with E-state index in [1.165, 1.54) is 25.1 Å². The molecule has 1 aromatic rings. The Hall–Kier alpha value is -2.51. The van der Waals surface area contributed by atoms with Gasteiger partial charge in [0.1, 0.15) is 11.4 Å². The summed E-state index contributed by atoms with van der Waals surface area (Å²) in [6.45, 7) is 1.18. The number of hydrogen-bond acceptors (Lipinski definition) is 4. The Morgan fingerprint density at radius 1 is 1.29 bits per heavy atom. The summed E-state index contributed by atoms with van der Waals surface area (Å²) in [7, 11) is 1.11. The van der Waals surface area contributed by atoms with Crippen LogP contribution in [0.1, 0.15) is 12.5 Å². The largest absolute Gasteiger partial charge is 0.573 e. The fraction of sp³-hybridized carbons (Fsp3) is 0.231. The monoisotopic (exact) mass is 303 g/mol. The van der Waals surface area contributed by atoms with Crippen molar-refractivity contribution in [3.05, 3.63) is 35.5 Å². The maximum atomic E-state index is 12.1. The van der Waals surface area contributed by atoms with Gasteiger partial charge in [-0.1, -0.05) is 12.1 Å². The molecule has 1 rings (SSSR count). The van der Waals surface area contributed by atoms with E-state index in [1.807, 2.05) is 0 Å². The Kier molecular flexibility index (Phi) is 5.34. The number of halogens is 3. The van der Waals surface area contributed by atoms with E-state index < -0.39 is 24.0 Å². The molecule has 1 N–H and O–H groups in total. The maximum absolute atomic E-state index is 12.1. The van der Waals surface area contributed by atoms with Crippen molar-refractivity contribution in [2.24, 2.45) is 0 Å². The average Bonchev–Trinajstić information content (AvgIpc) is 2.35. The predicted octanol–water partition coefficient (Wildman–Crippen LogP) is 2.24. The lowest BCUT2D eigenvalue weighted by Crippen LogP contribution is -2.25. The molecular weight excluding hydrogens is 291 g/mol. The zero-order chi connectivity index (χ0) is 16.0. The van der Waals surface area contributed by atoms with Gasteiger partial charge in [-0.2, -0.15) is 0 Å². The summed E-state index contributed by atoms with van der Waals surface area (Å²) >= 11 is 0. The highest BCUT2D eigenvalue weighted by atomic mass is 19.4. The van der Waals surface area contributed by atoms with Crippen LogP contribution in [0.5, 0.6) is 5.75 Å². The van der Waals surface area contributed by atoms with E-state index in [0.29, 0.717) is 0 Å². The molecule has 0 heterocycles. The molecule has 114 valence electrons. The zero-order valence-electron chi connectivity index (χ0n) is 11.2. The van der Waals surface area contributed by atoms with E-state index in [-0.39, 0.29) is 11.3 Å². The molecule has 0 saturated carbocycles. The third kappa shape index (κ3) is 5.98. The molecule has 5 nitrogen and oxygen atoms in total. The van der Waals surface area contributed by atoms with Crippen LogP contribution in [0.15, 0.2) is 30.0 Å². The van der Waals surface area contributed by atoms with Crippen molar-refractivity contribution >= 4 is 18.0 Å². The van der Waals surface area contributed by atoms with Crippen LogP contribution in [0.3, 0.4) is 0 Å². The van der Waals surface area contributed by atoms with Gasteiger partial charge >= 0.3 is 12.3 Å². The normalized spacial score (nSPS) is 11.8. The third-order valence-electron chi connectivity index (χ3n) is 2.12. The Morgan fingerprint density at radius 2 is 1.95 bits per heavy atom. The molecule has 1 amide bonds. The van der Waals surface area contributed by atoms with E-state index in [1.54, 1.807) is 0 Å². The lowest BCUT2D eigenvalue weighted by atomic mass is 10.2. The molecule has 0 aliphatic carbocycles. The number of esters is 1. The maximum Gasteiger partial charge on any atom is 0.573 e. The molecule has 1 aromatic carbocycles. The Morgan fingerprint density at radius 3 is 2.48 bits per heavy atom. The Bertz CT molecular complexity index is 567. The van der Waals surface area contributed by atoms with Crippen molar-refractivity contribution in [2.45, 2.75) is 13.3 Å². The van der Waals surface area contributed by atoms with Crippen molar-refractivity contribution in [1.29, 1.82) is 0 Å². The van der Waals surface area contributed by atoms with Crippen molar-refractivity contribution in [1.82, 2.24) is 5.32 Å². The van der Waals surface area contributed by atoms with Crippen LogP contribution in [0.25, 0.3) is 6.08 Å². The first-order valence-corrected chi connectivity index (χ1v) is 5.64. The zero-order valence-corrected chi connectivity index (χ0v) is 11.2. The van der Waals surface area contributed by atoms with Gasteiger partial charge in [0.15, 0.2) is 0 Å². The smallest absolute Gasteiger partial charge is 0.464 e. The number of benzene rings is 1. The molecule has 0 atom stereocenters. The second-order valence-corrected chi connectivity index (χ2v) is 3.85. The van der Waals surface area contributed by atoms with E-state index in [9.17, 15) is 22.8 Å². The molecule has 0 fully saturated rings. The molecule has 0 aliphatic heterocycles. The van der Waals surface area contributed by atoms with Gasteiger partial charge in [-0.25, -0.2) is 4.79 Å². The summed E-state index contributed by atoms with van der Waals surface area (Å²) in [6.07, 6.45) is -3.64. The van der Waals surface area contributed by atoms with Crippen LogP contribution in [0.4, 0.5) is 13.2 Å². The van der Waals surface area contributed by atoms with Crippen molar-refractivity contribution < 1.29 is 32.2 Å². The molecule has 0 radical (unpaired) electrons. The molecule has 0 saturated heterocycles. The van der Waals surface area contributed by atoms with Gasteiger partial charge in [-0.15, -0.1) is 13.2 Å². The van der Waals surface area contributed by atoms with Crippen LogP contribution < -0.4 is 10.1 Å². The summed E-state index contributed by atoms with van der Waals surface area (Å²) in [5.74, 6) is -1.79. The van der Waals surface area contributed by atoms with Gasteiger partial charge < -0.3 is 14.8 Å². The summed E-state index contributed by atoms with van der Waals surface area (Å²) in [4.78, 5) is 22.4. The van der Waals surface area contributed by atoms with E-state index >= 15 is 0 Å². The Balaban J connectivity index is 3.07. The number of hydrogen-bond donors (Lipinski definition) is 1. The standard InChI is InChI=1S/C13H12F3NO4/c1-8(18)17-11(12(19)20-2)7-9-4-3-5-10(6-9)21-13(14,15)16/h3-7H,1-2H3,(H,17,18)/b11-7-. The lowest BCUT2D eigenvalue weighted by Gasteiger charge is -2.10. The highest BCUT2D eigenvalue weighted by molar-refractivity contribution is 5.97. The summed E-state index contributed by atoms with van der Waals surface area (Å²) in [5.41, 5.74) is 0.0278. The number of alkyl halides is 3. The highest BCUT2D eigenvalue weighted by Gasteiger charge is 2.31. The van der Waals surface area contributed by atoms with E-state index in [2.05, 4.69) is 14.8 Å². The summed E-state index contributed by atoms with van der Waals surface area (Å²) in [6, 6.07) is 4.93. The lowest BCUT2D eigenvalue weighted by molar-refractivity contribution is -0.274. The molecule has 0 unspecified atom stereocenters. The van der Waals surface area contributed by atoms with Crippen LogP contribution in [-0.2, 0) is 14.3 Å². The number of methoxy groups -OCH3 is 1. The van der Waals surface area contributed by atoms with Crippen molar-refractivity contribution in [3.8, 4) is 5.75 Å². The third-order valence-corrected chi connectivity index (χ3v) is 2.12. The topological polar surface area (TPSA) is 64.6 Å². The Labute approximate surface area is 118 Å². The average molecular weight is 303 g/mol. The van der Waals surface area contributed by atoms with Gasteiger partial charge in [0.25, 0.3) is 0 Å². The van der Waals surface area contributed by atoms with Crippen LogP contribution in [0.2, 0.25) is 0 Å². The van der Waals surface area contributed by atoms with Gasteiger partial charge in [0, 0.05) is 6.92 Å². The fourth-order valence-electron chi connectivity index (χ4n) is 1.41. The molecule has 0 bridgehead atoms.